The Morgan fingerprint density at radius 3 is 2.25 bits per heavy atom. The Labute approximate surface area is 98.3 Å². The molecule has 0 aromatic heterocycles. The molecule has 1 nitrogen and oxygen atoms in total. The summed E-state index contributed by atoms with van der Waals surface area (Å²) in [4.78, 5) is 0. The number of benzene rings is 1. The summed E-state index contributed by atoms with van der Waals surface area (Å²) in [6.45, 7) is 10.7. The van der Waals surface area contributed by atoms with Gasteiger partial charge in [0.25, 0.3) is 0 Å². The molecule has 0 radical (unpaired) electrons. The van der Waals surface area contributed by atoms with Crippen LogP contribution < -0.4 is 0 Å². The second-order valence-corrected chi connectivity index (χ2v) is 11.4. The smallest absolute Gasteiger partial charge is 0.123 e. The summed E-state index contributed by atoms with van der Waals surface area (Å²) < 4.78 is 13.1. The lowest BCUT2D eigenvalue weighted by molar-refractivity contribution is 0.242. The molecule has 0 spiro atoms. The molecular formula is C13H21FOSi. The Bertz CT molecular complexity index is 368. The van der Waals surface area contributed by atoms with Crippen LogP contribution in [0.4, 0.5) is 4.39 Å². The van der Waals surface area contributed by atoms with Gasteiger partial charge in [-0.25, -0.2) is 4.39 Å². The summed E-state index contributed by atoms with van der Waals surface area (Å²) in [6.07, 6.45) is 0. The van der Waals surface area contributed by atoms with E-state index < -0.39 is 13.8 Å². The molecule has 0 amide bonds. The van der Waals surface area contributed by atoms with Crippen molar-refractivity contribution >= 4 is 8.07 Å². The van der Waals surface area contributed by atoms with Crippen LogP contribution in [-0.2, 0) is 0 Å². The second-order valence-electron chi connectivity index (χ2n) is 5.93. The lowest BCUT2D eigenvalue weighted by atomic mass is 10.2. The highest BCUT2D eigenvalue weighted by molar-refractivity contribution is 6.81. The number of halogens is 1. The molecule has 16 heavy (non-hydrogen) atoms. The van der Waals surface area contributed by atoms with Crippen LogP contribution in [0.1, 0.15) is 32.1 Å². The van der Waals surface area contributed by atoms with E-state index in [1.165, 1.54) is 12.1 Å². The molecule has 0 heterocycles. The van der Waals surface area contributed by atoms with Gasteiger partial charge >= 0.3 is 0 Å². The third-order valence-corrected chi connectivity index (χ3v) is 9.35. The van der Waals surface area contributed by atoms with Crippen LogP contribution in [0, 0.1) is 5.82 Å². The van der Waals surface area contributed by atoms with Gasteiger partial charge in [0.1, 0.15) is 5.82 Å². The van der Waals surface area contributed by atoms with Gasteiger partial charge in [-0.3, -0.25) is 0 Å². The Hall–Kier alpha value is -0.673. The van der Waals surface area contributed by atoms with Crippen molar-refractivity contribution in [3.63, 3.8) is 0 Å². The fourth-order valence-electron chi connectivity index (χ4n) is 1.50. The van der Waals surface area contributed by atoms with E-state index in [1.807, 2.05) is 0 Å². The van der Waals surface area contributed by atoms with Gasteiger partial charge in [0.15, 0.2) is 0 Å². The Kier molecular flexibility index (Phi) is 3.60. The summed E-state index contributed by atoms with van der Waals surface area (Å²) in [5.74, 6) is -0.282. The Morgan fingerprint density at radius 2 is 1.81 bits per heavy atom. The molecule has 0 aliphatic heterocycles. The number of aliphatic hydroxyl groups excluding tert-OH is 1. The zero-order valence-corrected chi connectivity index (χ0v) is 11.7. The summed E-state index contributed by atoms with van der Waals surface area (Å²) in [5.41, 5.74) is 0.176. The molecule has 1 aromatic rings. The molecule has 1 rings (SSSR count). The largest absolute Gasteiger partial charge is 0.392 e. The van der Waals surface area contributed by atoms with Crippen molar-refractivity contribution in [2.75, 3.05) is 0 Å². The molecular weight excluding hydrogens is 219 g/mol. The molecule has 1 aromatic carbocycles. The minimum Gasteiger partial charge on any atom is -0.392 e. The Balaban J connectivity index is 3.07. The quantitative estimate of drug-likeness (QED) is 0.777. The van der Waals surface area contributed by atoms with Crippen LogP contribution in [0.2, 0.25) is 18.1 Å². The normalized spacial score (nSPS) is 14.9. The molecule has 0 aliphatic rings. The maximum absolute atomic E-state index is 13.1. The van der Waals surface area contributed by atoms with Crippen molar-refractivity contribution in [2.45, 2.75) is 44.6 Å². The molecule has 1 N–H and O–H groups in total. The van der Waals surface area contributed by atoms with E-state index in [9.17, 15) is 9.50 Å². The van der Waals surface area contributed by atoms with Gasteiger partial charge in [0.2, 0.25) is 0 Å². The first-order valence-corrected chi connectivity index (χ1v) is 8.67. The van der Waals surface area contributed by atoms with Gasteiger partial charge in [0, 0.05) is 0 Å². The van der Waals surface area contributed by atoms with Gasteiger partial charge in [-0.15, -0.1) is 0 Å². The molecule has 0 aliphatic carbocycles. The van der Waals surface area contributed by atoms with Crippen molar-refractivity contribution in [1.82, 2.24) is 0 Å². The SMILES string of the molecule is CC(C)(C)[Si](C)(C)C(O)c1cccc(F)c1. The fraction of sp³-hybridized carbons (Fsp3) is 0.538. The molecule has 90 valence electrons. The predicted molar refractivity (Wildman–Crippen MR) is 68.6 cm³/mol. The first-order valence-electron chi connectivity index (χ1n) is 5.60. The highest BCUT2D eigenvalue weighted by Gasteiger charge is 2.42. The van der Waals surface area contributed by atoms with Gasteiger partial charge in [-0.05, 0) is 22.7 Å². The minimum atomic E-state index is -1.88. The van der Waals surface area contributed by atoms with Crippen LogP contribution in [0.15, 0.2) is 24.3 Å². The fourth-order valence-corrected chi connectivity index (χ4v) is 3.34. The molecule has 0 fully saturated rings. The van der Waals surface area contributed by atoms with Crippen molar-refractivity contribution in [1.29, 1.82) is 0 Å². The zero-order chi connectivity index (χ0) is 12.6. The van der Waals surface area contributed by atoms with Crippen LogP contribution >= 0.6 is 0 Å². The topological polar surface area (TPSA) is 20.2 Å². The lowest BCUT2D eigenvalue weighted by Gasteiger charge is -2.40. The van der Waals surface area contributed by atoms with Gasteiger partial charge < -0.3 is 5.11 Å². The summed E-state index contributed by atoms with van der Waals surface area (Å²) >= 11 is 0. The average Bonchev–Trinajstić information content (AvgIpc) is 2.14. The molecule has 0 bridgehead atoms. The van der Waals surface area contributed by atoms with E-state index in [1.54, 1.807) is 12.1 Å². The molecule has 0 saturated carbocycles. The monoisotopic (exact) mass is 240 g/mol. The number of rotatable bonds is 2. The zero-order valence-electron chi connectivity index (χ0n) is 10.7. The summed E-state index contributed by atoms with van der Waals surface area (Å²) in [6, 6.07) is 6.29. The number of aliphatic hydroxyl groups is 1. The average molecular weight is 240 g/mol. The molecule has 1 atom stereocenters. The highest BCUT2D eigenvalue weighted by Crippen LogP contribution is 2.43. The third kappa shape index (κ3) is 2.52. The molecule has 3 heteroatoms. The van der Waals surface area contributed by atoms with Crippen molar-refractivity contribution in [3.8, 4) is 0 Å². The second kappa shape index (κ2) is 4.30. The highest BCUT2D eigenvalue weighted by atomic mass is 28.3. The standard InChI is InChI=1S/C13H21FOSi/c1-13(2,3)16(4,5)12(15)10-7-6-8-11(14)9-10/h6-9,12,15H,1-5H3. The van der Waals surface area contributed by atoms with E-state index in [-0.39, 0.29) is 10.9 Å². The molecule has 0 saturated heterocycles. The van der Waals surface area contributed by atoms with Crippen molar-refractivity contribution in [2.24, 2.45) is 0 Å². The van der Waals surface area contributed by atoms with Gasteiger partial charge in [-0.1, -0.05) is 46.0 Å². The number of hydrogen-bond acceptors (Lipinski definition) is 1. The van der Waals surface area contributed by atoms with Gasteiger partial charge in [0.05, 0.1) is 13.8 Å². The van der Waals surface area contributed by atoms with Crippen LogP contribution in [-0.4, -0.2) is 13.2 Å². The summed E-state index contributed by atoms with van der Waals surface area (Å²) in [5, 5.41) is 10.5. The van der Waals surface area contributed by atoms with E-state index in [2.05, 4.69) is 33.9 Å². The maximum Gasteiger partial charge on any atom is 0.123 e. The first kappa shape index (κ1) is 13.4. The van der Waals surface area contributed by atoms with E-state index in [0.29, 0.717) is 5.56 Å². The summed E-state index contributed by atoms with van der Waals surface area (Å²) in [7, 11) is -1.88. The van der Waals surface area contributed by atoms with Crippen LogP contribution in [0.5, 0.6) is 0 Å². The van der Waals surface area contributed by atoms with Crippen molar-refractivity contribution in [3.05, 3.63) is 35.6 Å². The third-order valence-electron chi connectivity index (χ3n) is 3.78. The lowest BCUT2D eigenvalue weighted by Crippen LogP contribution is -2.44. The minimum absolute atomic E-state index is 0.0821. The van der Waals surface area contributed by atoms with E-state index in [0.717, 1.165) is 0 Å². The van der Waals surface area contributed by atoms with E-state index >= 15 is 0 Å². The van der Waals surface area contributed by atoms with Crippen LogP contribution in [0.25, 0.3) is 0 Å². The maximum atomic E-state index is 13.1. The Morgan fingerprint density at radius 1 is 1.25 bits per heavy atom. The van der Waals surface area contributed by atoms with Crippen molar-refractivity contribution < 1.29 is 9.50 Å². The first-order chi connectivity index (χ1) is 7.16. The van der Waals surface area contributed by atoms with Crippen LogP contribution in [0.3, 0.4) is 0 Å². The molecule has 1 unspecified atom stereocenters. The van der Waals surface area contributed by atoms with Gasteiger partial charge in [-0.2, -0.15) is 0 Å². The van der Waals surface area contributed by atoms with E-state index in [4.69, 9.17) is 0 Å². The predicted octanol–water partition coefficient (Wildman–Crippen LogP) is 3.91. The number of hydrogen-bond donors (Lipinski definition) is 1.